The van der Waals surface area contributed by atoms with Crippen LogP contribution in [0.1, 0.15) is 77.8 Å². The highest BCUT2D eigenvalue weighted by Gasteiger charge is 2.53. The summed E-state index contributed by atoms with van der Waals surface area (Å²) >= 11 is 0. The lowest BCUT2D eigenvalue weighted by molar-refractivity contribution is 0.563. The van der Waals surface area contributed by atoms with Gasteiger partial charge >= 0.3 is 0 Å². The molecule has 0 amide bonds. The predicted octanol–water partition coefficient (Wildman–Crippen LogP) is 18.0. The van der Waals surface area contributed by atoms with Crippen molar-refractivity contribution >= 4 is 0 Å². The van der Waals surface area contributed by atoms with Crippen molar-refractivity contribution < 1.29 is 0 Å². The number of benzene rings is 10. The largest absolute Gasteiger partial charge is 0.0719 e. The molecule has 10 aromatic rings. The molecule has 68 heavy (non-hydrogen) atoms. The quantitative estimate of drug-likeness (QED) is 0.156. The molecule has 1 spiro atoms. The van der Waals surface area contributed by atoms with E-state index in [1.54, 1.807) is 0 Å². The zero-order valence-corrected chi connectivity index (χ0v) is 39.9. The molecule has 2 aliphatic carbocycles. The monoisotopic (exact) mass is 874 g/mol. The second-order valence-corrected chi connectivity index (χ2v) is 18.5. The molecule has 0 unspecified atom stereocenters. The van der Waals surface area contributed by atoms with Crippen molar-refractivity contribution in [2.75, 3.05) is 0 Å². The lowest BCUT2D eigenvalue weighted by Crippen LogP contribution is -2.40. The van der Waals surface area contributed by atoms with Gasteiger partial charge in [0.1, 0.15) is 0 Å². The molecule has 0 bridgehead atoms. The van der Waals surface area contributed by atoms with E-state index in [9.17, 15) is 0 Å². The van der Waals surface area contributed by atoms with Crippen LogP contribution in [0.2, 0.25) is 0 Å². The van der Waals surface area contributed by atoms with Crippen molar-refractivity contribution in [3.8, 4) is 55.6 Å². The first-order valence-electron chi connectivity index (χ1n) is 24.3. The lowest BCUT2D eigenvalue weighted by Gasteiger charge is -2.46. The molecule has 10 aromatic carbocycles. The average molecular weight is 875 g/mol. The molecule has 0 atom stereocenters. The lowest BCUT2D eigenvalue weighted by atomic mass is 9.55. The van der Waals surface area contributed by atoms with E-state index in [0.717, 1.165) is 6.42 Å². The third-order valence-electron chi connectivity index (χ3n) is 14.2. The zero-order chi connectivity index (χ0) is 46.7. The van der Waals surface area contributed by atoms with Crippen molar-refractivity contribution in [3.05, 3.63) is 299 Å². The second kappa shape index (κ2) is 18.8. The maximum Gasteiger partial charge on any atom is 0.0719 e. The third kappa shape index (κ3) is 7.91. The fourth-order valence-electron chi connectivity index (χ4n) is 10.9. The molecular weight excluding hydrogens is 817 g/mol. The van der Waals surface area contributed by atoms with Crippen LogP contribution in [0.4, 0.5) is 0 Å². The summed E-state index contributed by atoms with van der Waals surface area (Å²) in [6.45, 7) is 10.9. The van der Waals surface area contributed by atoms with E-state index in [2.05, 4.69) is 251 Å². The Kier molecular flexibility index (Phi) is 12.2. The zero-order valence-electron chi connectivity index (χ0n) is 39.9. The standard InChI is InChI=1S/C59H44.C7H8.C2H6/c1-58(2)52-22-9-11-24-54(52)59(55-25-12-10-23-53(55)58)51-36-35-48(39-50(51)57-49(21-14-26-56(57)59)37-40-15-5-3-6-16-40)45-33-29-43(30-34-45)42-27-31-44(32-28-42)47-20-13-19-46(38-47)41-17-7-4-8-18-41;1-7-5-3-2-4-6-7;1-2/h3-36,38-39H,37H2,1-2H3;2-6H,1H3;1-2H3. The van der Waals surface area contributed by atoms with Crippen molar-refractivity contribution in [1.29, 1.82) is 0 Å². The first-order chi connectivity index (χ1) is 33.4. The fourth-order valence-corrected chi connectivity index (χ4v) is 10.9. The van der Waals surface area contributed by atoms with E-state index in [1.165, 1.54) is 106 Å². The van der Waals surface area contributed by atoms with Gasteiger partial charge in [0.15, 0.2) is 0 Å². The Balaban J connectivity index is 0.000000546. The fraction of sp³-hybridized carbons (Fsp3) is 0.118. The number of hydrogen-bond donors (Lipinski definition) is 0. The Bertz CT molecular complexity index is 3270. The van der Waals surface area contributed by atoms with E-state index >= 15 is 0 Å². The highest BCUT2D eigenvalue weighted by molar-refractivity contribution is 5.92. The maximum absolute atomic E-state index is 2.48. The number of rotatable bonds is 6. The van der Waals surface area contributed by atoms with Gasteiger partial charge in [-0.3, -0.25) is 0 Å². The number of fused-ring (bicyclic) bond motifs is 9. The van der Waals surface area contributed by atoms with Crippen LogP contribution in [0.5, 0.6) is 0 Å². The van der Waals surface area contributed by atoms with Crippen LogP contribution < -0.4 is 0 Å². The van der Waals surface area contributed by atoms with Gasteiger partial charge in [0.2, 0.25) is 0 Å². The molecular formula is C68H58. The summed E-state index contributed by atoms with van der Waals surface area (Å²) in [5, 5.41) is 0. The van der Waals surface area contributed by atoms with Crippen molar-refractivity contribution in [3.63, 3.8) is 0 Å². The van der Waals surface area contributed by atoms with Crippen molar-refractivity contribution in [2.24, 2.45) is 0 Å². The van der Waals surface area contributed by atoms with E-state index < -0.39 is 5.41 Å². The van der Waals surface area contributed by atoms with Gasteiger partial charge in [-0.25, -0.2) is 0 Å². The topological polar surface area (TPSA) is 0 Å². The Labute approximate surface area is 404 Å². The van der Waals surface area contributed by atoms with Crippen LogP contribution in [0, 0.1) is 6.92 Å². The number of aryl methyl sites for hydroxylation is 1. The summed E-state index contributed by atoms with van der Waals surface area (Å²) in [7, 11) is 0. The summed E-state index contributed by atoms with van der Waals surface area (Å²) in [4.78, 5) is 0. The molecule has 12 rings (SSSR count). The molecule has 0 aromatic heterocycles. The van der Waals surface area contributed by atoms with Crippen LogP contribution in [0.15, 0.2) is 249 Å². The normalized spacial score (nSPS) is 13.1. The molecule has 2 aliphatic rings. The molecule has 0 nitrogen and oxygen atoms in total. The maximum atomic E-state index is 2.48. The van der Waals surface area contributed by atoms with Gasteiger partial charge in [-0.1, -0.05) is 270 Å². The van der Waals surface area contributed by atoms with Crippen LogP contribution in [0.3, 0.4) is 0 Å². The van der Waals surface area contributed by atoms with Gasteiger partial charge in [-0.05, 0) is 126 Å². The Hall–Kier alpha value is -7.80. The Morgan fingerprint density at radius 1 is 0.309 bits per heavy atom. The molecule has 0 heterocycles. The minimum Gasteiger partial charge on any atom is -0.0683 e. The van der Waals surface area contributed by atoms with Gasteiger partial charge in [0.25, 0.3) is 0 Å². The van der Waals surface area contributed by atoms with Crippen molar-refractivity contribution in [2.45, 2.75) is 51.9 Å². The molecule has 0 aliphatic heterocycles. The van der Waals surface area contributed by atoms with Crippen LogP contribution in [-0.4, -0.2) is 0 Å². The van der Waals surface area contributed by atoms with E-state index in [-0.39, 0.29) is 5.41 Å². The second-order valence-electron chi connectivity index (χ2n) is 18.5. The number of hydrogen-bond acceptors (Lipinski definition) is 0. The molecule has 0 radical (unpaired) electrons. The smallest absolute Gasteiger partial charge is 0.0683 e. The van der Waals surface area contributed by atoms with Gasteiger partial charge in [0, 0.05) is 5.41 Å². The van der Waals surface area contributed by atoms with E-state index in [1.807, 2.05) is 32.0 Å². The van der Waals surface area contributed by atoms with Gasteiger partial charge in [-0.2, -0.15) is 0 Å². The van der Waals surface area contributed by atoms with Gasteiger partial charge in [-0.15, -0.1) is 0 Å². The van der Waals surface area contributed by atoms with E-state index in [4.69, 9.17) is 0 Å². The molecule has 330 valence electrons. The van der Waals surface area contributed by atoms with E-state index in [0.29, 0.717) is 0 Å². The molecule has 0 fully saturated rings. The van der Waals surface area contributed by atoms with Crippen LogP contribution >= 0.6 is 0 Å². The Morgan fingerprint density at radius 3 is 1.21 bits per heavy atom. The first-order valence-corrected chi connectivity index (χ1v) is 24.3. The highest BCUT2D eigenvalue weighted by Crippen LogP contribution is 2.63. The summed E-state index contributed by atoms with van der Waals surface area (Å²) in [5.74, 6) is 0. The van der Waals surface area contributed by atoms with Crippen LogP contribution in [-0.2, 0) is 17.3 Å². The summed E-state index contributed by atoms with van der Waals surface area (Å²) < 4.78 is 0. The Morgan fingerprint density at radius 2 is 0.691 bits per heavy atom. The third-order valence-corrected chi connectivity index (χ3v) is 14.2. The minimum absolute atomic E-state index is 0.127. The SMILES string of the molecule is CC.CC1(C)c2ccccc2C2(c3ccc(-c4ccc(-c5ccc(-c6cccc(-c7ccccc7)c6)cc5)cc4)cc3-c3c(Cc4ccccc4)cccc32)c2ccccc21.Cc1ccccc1. The van der Waals surface area contributed by atoms with Gasteiger partial charge < -0.3 is 0 Å². The molecule has 0 N–H and O–H groups in total. The highest BCUT2D eigenvalue weighted by atomic mass is 14.5. The van der Waals surface area contributed by atoms with Crippen molar-refractivity contribution in [1.82, 2.24) is 0 Å². The molecule has 0 heteroatoms. The van der Waals surface area contributed by atoms with Gasteiger partial charge in [0.05, 0.1) is 5.41 Å². The molecule has 0 saturated carbocycles. The minimum atomic E-state index is -0.419. The molecule has 0 saturated heterocycles. The first kappa shape index (κ1) is 44.1. The predicted molar refractivity (Wildman–Crippen MR) is 289 cm³/mol. The summed E-state index contributed by atoms with van der Waals surface area (Å²) in [5.41, 5.74) is 24.4. The summed E-state index contributed by atoms with van der Waals surface area (Å²) in [6.07, 6.45) is 0.879. The van der Waals surface area contributed by atoms with Crippen LogP contribution in [0.25, 0.3) is 55.6 Å². The average Bonchev–Trinajstić information content (AvgIpc) is 3.71. The summed E-state index contributed by atoms with van der Waals surface area (Å²) in [6, 6.07) is 91.6.